The predicted molar refractivity (Wildman–Crippen MR) is 132 cm³/mol. The van der Waals surface area contributed by atoms with Gasteiger partial charge in [-0.15, -0.1) is 0 Å². The Morgan fingerprint density at radius 2 is 1.58 bits per heavy atom. The van der Waals surface area contributed by atoms with Crippen molar-refractivity contribution in [3.05, 3.63) is 89.5 Å². The van der Waals surface area contributed by atoms with Crippen molar-refractivity contribution in [2.75, 3.05) is 22.0 Å². The summed E-state index contributed by atoms with van der Waals surface area (Å²) < 4.78 is 27.6. The monoisotopic (exact) mass is 483 g/mol. The van der Waals surface area contributed by atoms with Crippen LogP contribution in [0.15, 0.2) is 83.8 Å². The van der Waals surface area contributed by atoms with Gasteiger partial charge in [0.15, 0.2) is 0 Å². The first-order valence-corrected chi connectivity index (χ1v) is 11.7. The van der Waals surface area contributed by atoms with E-state index in [1.54, 1.807) is 73.8 Å². The molecule has 0 aliphatic heterocycles. The molecule has 0 fully saturated rings. The van der Waals surface area contributed by atoms with Gasteiger partial charge < -0.3 is 10.2 Å². The molecule has 7 nitrogen and oxygen atoms in total. The Kier molecular flexibility index (Phi) is 7.52. The van der Waals surface area contributed by atoms with E-state index in [0.29, 0.717) is 22.0 Å². The molecule has 0 unspecified atom stereocenters. The molecule has 0 spiro atoms. The second-order valence-electron chi connectivity index (χ2n) is 7.10. The summed E-state index contributed by atoms with van der Waals surface area (Å²) in [6.07, 6.45) is 2.92. The van der Waals surface area contributed by atoms with Gasteiger partial charge in [-0.3, -0.25) is 14.3 Å². The number of hydrogen-bond donors (Lipinski definition) is 2. The summed E-state index contributed by atoms with van der Waals surface area (Å²) in [6, 6.07) is 19.5. The van der Waals surface area contributed by atoms with Crippen LogP contribution in [0.3, 0.4) is 0 Å². The zero-order valence-corrected chi connectivity index (χ0v) is 19.5. The fourth-order valence-corrected chi connectivity index (χ4v) is 4.13. The smallest absolute Gasteiger partial charge is 0.261 e. The maximum absolute atomic E-state index is 12.6. The van der Waals surface area contributed by atoms with Crippen LogP contribution >= 0.6 is 11.6 Å². The number of para-hydroxylation sites is 1. The van der Waals surface area contributed by atoms with Crippen LogP contribution in [-0.4, -0.2) is 27.3 Å². The lowest BCUT2D eigenvalue weighted by Gasteiger charge is -2.15. The third-order valence-electron chi connectivity index (χ3n) is 4.73. The molecule has 0 atom stereocenters. The molecule has 3 aromatic rings. The number of carbonyl (C=O) groups excluding carboxylic acids is 2. The highest BCUT2D eigenvalue weighted by molar-refractivity contribution is 7.92. The Morgan fingerprint density at radius 3 is 2.18 bits per heavy atom. The molecule has 3 rings (SSSR count). The summed E-state index contributed by atoms with van der Waals surface area (Å²) in [5.74, 6) is -0.437. The first kappa shape index (κ1) is 24.0. The Morgan fingerprint density at radius 1 is 0.939 bits per heavy atom. The molecule has 0 saturated heterocycles. The number of sulfonamides is 1. The van der Waals surface area contributed by atoms with Gasteiger partial charge in [0.1, 0.15) is 0 Å². The van der Waals surface area contributed by atoms with Crippen molar-refractivity contribution in [3.8, 4) is 0 Å². The highest BCUT2D eigenvalue weighted by atomic mass is 35.5. The minimum Gasteiger partial charge on any atom is -0.323 e. The van der Waals surface area contributed by atoms with E-state index >= 15 is 0 Å². The molecule has 2 N–H and O–H groups in total. The van der Waals surface area contributed by atoms with Crippen molar-refractivity contribution < 1.29 is 18.0 Å². The average Bonchev–Trinajstić information content (AvgIpc) is 2.79. The Balaban J connectivity index is 1.62. The lowest BCUT2D eigenvalue weighted by Crippen LogP contribution is -2.22. The molecule has 0 aliphatic carbocycles. The third-order valence-corrected chi connectivity index (χ3v) is 6.44. The Bertz CT molecular complexity index is 1290. The van der Waals surface area contributed by atoms with Gasteiger partial charge in [-0.25, -0.2) is 8.42 Å². The zero-order valence-electron chi connectivity index (χ0n) is 17.9. The second kappa shape index (κ2) is 10.3. The molecule has 3 aromatic carbocycles. The second-order valence-corrected chi connectivity index (χ2v) is 9.19. The topological polar surface area (TPSA) is 95.6 Å². The molecule has 0 aliphatic rings. The van der Waals surface area contributed by atoms with Crippen LogP contribution in [0.5, 0.6) is 0 Å². The summed E-state index contributed by atoms with van der Waals surface area (Å²) in [4.78, 5) is 25.2. The quantitative estimate of drug-likeness (QED) is 0.473. The SMILES string of the molecule is CC(=O)N(C)c1ccc(NC(=O)/C=C/c2ccc(S(=O)(=O)Nc3ccccc3Cl)cc2)cc1. The summed E-state index contributed by atoms with van der Waals surface area (Å²) >= 11 is 6.02. The van der Waals surface area contributed by atoms with Crippen LogP contribution < -0.4 is 14.9 Å². The van der Waals surface area contributed by atoms with Gasteiger partial charge in [0, 0.05) is 31.4 Å². The molecule has 0 heterocycles. The van der Waals surface area contributed by atoms with Crippen LogP contribution in [0.1, 0.15) is 12.5 Å². The van der Waals surface area contributed by atoms with Crippen LogP contribution in [0.25, 0.3) is 6.08 Å². The van der Waals surface area contributed by atoms with E-state index in [9.17, 15) is 18.0 Å². The van der Waals surface area contributed by atoms with E-state index in [0.717, 1.165) is 5.69 Å². The number of carbonyl (C=O) groups is 2. The maximum Gasteiger partial charge on any atom is 0.261 e. The first-order valence-electron chi connectivity index (χ1n) is 9.86. The minimum atomic E-state index is -3.80. The minimum absolute atomic E-state index is 0.0691. The van der Waals surface area contributed by atoms with Gasteiger partial charge >= 0.3 is 0 Å². The number of nitrogens with one attached hydrogen (secondary N) is 2. The lowest BCUT2D eigenvalue weighted by atomic mass is 10.2. The van der Waals surface area contributed by atoms with E-state index in [1.165, 1.54) is 30.0 Å². The van der Waals surface area contributed by atoms with Crippen molar-refractivity contribution in [1.29, 1.82) is 0 Å². The number of benzene rings is 3. The molecule has 170 valence electrons. The highest BCUT2D eigenvalue weighted by Crippen LogP contribution is 2.24. The molecular formula is C24H22ClN3O4S. The van der Waals surface area contributed by atoms with Crippen molar-refractivity contribution in [2.24, 2.45) is 0 Å². The third kappa shape index (κ3) is 6.44. The number of amides is 2. The zero-order chi connectivity index (χ0) is 24.0. The first-order chi connectivity index (χ1) is 15.7. The van der Waals surface area contributed by atoms with Gasteiger partial charge in [-0.05, 0) is 60.2 Å². The Labute approximate surface area is 197 Å². The number of hydrogen-bond acceptors (Lipinski definition) is 4. The molecule has 0 radical (unpaired) electrons. The maximum atomic E-state index is 12.6. The van der Waals surface area contributed by atoms with E-state index in [2.05, 4.69) is 10.0 Å². The number of halogens is 1. The number of rotatable bonds is 7. The molecule has 0 aromatic heterocycles. The van der Waals surface area contributed by atoms with Crippen LogP contribution in [-0.2, 0) is 19.6 Å². The predicted octanol–water partition coefficient (Wildman–Crippen LogP) is 4.78. The molecule has 9 heteroatoms. The van der Waals surface area contributed by atoms with Crippen LogP contribution in [0.4, 0.5) is 17.1 Å². The summed E-state index contributed by atoms with van der Waals surface area (Å²) in [7, 11) is -2.13. The normalized spacial score (nSPS) is 11.2. The Hall–Kier alpha value is -3.62. The van der Waals surface area contributed by atoms with Gasteiger partial charge in [-0.1, -0.05) is 35.9 Å². The molecule has 33 heavy (non-hydrogen) atoms. The van der Waals surface area contributed by atoms with Gasteiger partial charge in [0.2, 0.25) is 11.8 Å². The summed E-state index contributed by atoms with van der Waals surface area (Å²) in [5.41, 5.74) is 2.24. The summed E-state index contributed by atoms with van der Waals surface area (Å²) in [5, 5.41) is 3.03. The molecular weight excluding hydrogens is 462 g/mol. The number of anilines is 3. The van der Waals surface area contributed by atoms with Crippen molar-refractivity contribution in [3.63, 3.8) is 0 Å². The number of nitrogens with zero attached hydrogens (tertiary/aromatic N) is 1. The van der Waals surface area contributed by atoms with Crippen LogP contribution in [0, 0.1) is 0 Å². The lowest BCUT2D eigenvalue weighted by molar-refractivity contribution is -0.116. The van der Waals surface area contributed by atoms with Crippen molar-refractivity contribution >= 4 is 56.6 Å². The van der Waals surface area contributed by atoms with Gasteiger partial charge in [0.25, 0.3) is 10.0 Å². The molecule has 2 amide bonds. The largest absolute Gasteiger partial charge is 0.323 e. The van der Waals surface area contributed by atoms with Gasteiger partial charge in [-0.2, -0.15) is 0 Å². The highest BCUT2D eigenvalue weighted by Gasteiger charge is 2.15. The summed E-state index contributed by atoms with van der Waals surface area (Å²) in [6.45, 7) is 1.47. The average molecular weight is 484 g/mol. The molecule has 0 saturated carbocycles. The van der Waals surface area contributed by atoms with E-state index in [4.69, 9.17) is 11.6 Å². The van der Waals surface area contributed by atoms with Crippen molar-refractivity contribution in [1.82, 2.24) is 0 Å². The molecule has 0 bridgehead atoms. The van der Waals surface area contributed by atoms with Crippen LogP contribution in [0.2, 0.25) is 5.02 Å². The standard InChI is InChI=1S/C24H22ClN3O4S/c1-17(29)28(2)20-12-10-19(11-13-20)26-24(30)16-9-18-7-14-21(15-8-18)33(31,32)27-23-6-4-3-5-22(23)25/h3-16,27H,1-2H3,(H,26,30)/b16-9+. The van der Waals surface area contributed by atoms with E-state index in [-0.39, 0.29) is 16.7 Å². The van der Waals surface area contributed by atoms with E-state index in [1.807, 2.05) is 0 Å². The van der Waals surface area contributed by atoms with Crippen molar-refractivity contribution in [2.45, 2.75) is 11.8 Å². The van der Waals surface area contributed by atoms with Gasteiger partial charge in [0.05, 0.1) is 15.6 Å². The van der Waals surface area contributed by atoms with E-state index < -0.39 is 10.0 Å². The fourth-order valence-electron chi connectivity index (χ4n) is 2.81. The fraction of sp³-hybridized carbons (Fsp3) is 0.0833.